The Hall–Kier alpha value is -0.540. The molecule has 1 saturated carbocycles. The molecule has 2 N–H and O–H groups in total. The van der Waals surface area contributed by atoms with Crippen LogP contribution in [0.15, 0.2) is 22.7 Å². The van der Waals surface area contributed by atoms with Crippen molar-refractivity contribution in [1.82, 2.24) is 4.90 Å². The van der Waals surface area contributed by atoms with Crippen LogP contribution in [-0.2, 0) is 6.54 Å². The molecule has 0 aliphatic heterocycles. The molecule has 0 amide bonds. The fraction of sp³-hybridized carbons (Fsp3) is 0.600. The maximum Gasteiger partial charge on any atom is 0.0461 e. The third-order valence-electron chi connectivity index (χ3n) is 3.84. The van der Waals surface area contributed by atoms with Crippen molar-refractivity contribution in [2.45, 2.75) is 38.6 Å². The van der Waals surface area contributed by atoms with Crippen molar-refractivity contribution in [2.24, 2.45) is 5.92 Å². The second-order valence-electron chi connectivity index (χ2n) is 5.52. The standard InChI is InChI=1S/C15H23BrN2/c1-18(10-12-6-3-2-4-7-12)11-13-8-5-9-14(17)15(13)16/h5,8-9,12H,2-4,6-7,10-11,17H2,1H3. The Balaban J connectivity index is 1.90. The molecule has 0 spiro atoms. The Kier molecular flexibility index (Phi) is 5.07. The molecule has 1 aromatic carbocycles. The van der Waals surface area contributed by atoms with Crippen LogP contribution in [0.1, 0.15) is 37.7 Å². The van der Waals surface area contributed by atoms with Crippen molar-refractivity contribution in [3.8, 4) is 0 Å². The topological polar surface area (TPSA) is 29.3 Å². The summed E-state index contributed by atoms with van der Waals surface area (Å²) < 4.78 is 1.06. The Labute approximate surface area is 119 Å². The maximum atomic E-state index is 5.92. The molecule has 1 fully saturated rings. The minimum absolute atomic E-state index is 0.832. The van der Waals surface area contributed by atoms with Crippen molar-refractivity contribution in [3.63, 3.8) is 0 Å². The summed E-state index contributed by atoms with van der Waals surface area (Å²) in [6, 6.07) is 6.12. The van der Waals surface area contributed by atoms with Crippen LogP contribution in [0.25, 0.3) is 0 Å². The lowest BCUT2D eigenvalue weighted by Gasteiger charge is -2.27. The first-order chi connectivity index (χ1) is 8.66. The molecule has 0 radical (unpaired) electrons. The Bertz CT molecular complexity index is 386. The average Bonchev–Trinajstić information content (AvgIpc) is 2.36. The van der Waals surface area contributed by atoms with E-state index < -0.39 is 0 Å². The zero-order valence-corrected chi connectivity index (χ0v) is 12.7. The third-order valence-corrected chi connectivity index (χ3v) is 4.81. The summed E-state index contributed by atoms with van der Waals surface area (Å²) in [4.78, 5) is 2.43. The number of nitrogen functional groups attached to an aromatic ring is 1. The lowest BCUT2D eigenvalue weighted by atomic mass is 9.89. The van der Waals surface area contributed by atoms with E-state index in [1.807, 2.05) is 12.1 Å². The van der Waals surface area contributed by atoms with Gasteiger partial charge in [0, 0.05) is 23.2 Å². The molecule has 0 aromatic heterocycles. The molecule has 0 unspecified atom stereocenters. The van der Waals surface area contributed by atoms with E-state index in [1.54, 1.807) is 0 Å². The van der Waals surface area contributed by atoms with E-state index in [9.17, 15) is 0 Å². The van der Waals surface area contributed by atoms with Crippen LogP contribution >= 0.6 is 15.9 Å². The summed E-state index contributed by atoms with van der Waals surface area (Å²) >= 11 is 3.58. The average molecular weight is 311 g/mol. The molecule has 2 nitrogen and oxygen atoms in total. The predicted octanol–water partition coefficient (Wildman–Crippen LogP) is 4.04. The monoisotopic (exact) mass is 310 g/mol. The summed E-state index contributed by atoms with van der Waals surface area (Å²) in [6.45, 7) is 2.18. The minimum Gasteiger partial charge on any atom is -0.398 e. The van der Waals surface area contributed by atoms with Crippen LogP contribution in [-0.4, -0.2) is 18.5 Å². The van der Waals surface area contributed by atoms with Crippen LogP contribution < -0.4 is 5.73 Å². The van der Waals surface area contributed by atoms with Gasteiger partial charge in [0.2, 0.25) is 0 Å². The first-order valence-corrected chi connectivity index (χ1v) is 7.67. The Morgan fingerprint density at radius 2 is 2.00 bits per heavy atom. The lowest BCUT2D eigenvalue weighted by Crippen LogP contribution is -2.26. The van der Waals surface area contributed by atoms with E-state index in [0.717, 1.165) is 22.6 Å². The normalized spacial score (nSPS) is 17.3. The van der Waals surface area contributed by atoms with Gasteiger partial charge in [-0.15, -0.1) is 0 Å². The van der Waals surface area contributed by atoms with Gasteiger partial charge in [0.1, 0.15) is 0 Å². The highest BCUT2D eigenvalue weighted by molar-refractivity contribution is 9.10. The highest BCUT2D eigenvalue weighted by atomic mass is 79.9. The quantitative estimate of drug-likeness (QED) is 0.850. The summed E-state index contributed by atoms with van der Waals surface area (Å²) in [5.74, 6) is 0.892. The van der Waals surface area contributed by atoms with E-state index in [4.69, 9.17) is 5.73 Å². The number of nitrogens with two attached hydrogens (primary N) is 1. The molecule has 0 bridgehead atoms. The van der Waals surface area contributed by atoms with Crippen molar-refractivity contribution >= 4 is 21.6 Å². The molecular formula is C15H23BrN2. The van der Waals surface area contributed by atoms with Crippen molar-refractivity contribution in [2.75, 3.05) is 19.3 Å². The summed E-state index contributed by atoms with van der Waals surface area (Å²) in [6.07, 6.45) is 7.08. The molecular weight excluding hydrogens is 288 g/mol. The fourth-order valence-corrected chi connectivity index (χ4v) is 3.28. The maximum absolute atomic E-state index is 5.92. The molecule has 1 aliphatic carbocycles. The van der Waals surface area contributed by atoms with E-state index >= 15 is 0 Å². The summed E-state index contributed by atoms with van der Waals surface area (Å²) in [7, 11) is 2.21. The van der Waals surface area contributed by atoms with Gasteiger partial charge in [0.15, 0.2) is 0 Å². The molecule has 2 rings (SSSR count). The largest absolute Gasteiger partial charge is 0.398 e. The van der Waals surface area contributed by atoms with Crippen LogP contribution in [0.4, 0.5) is 5.69 Å². The van der Waals surface area contributed by atoms with E-state index in [2.05, 4.69) is 33.9 Å². The Morgan fingerprint density at radius 3 is 2.72 bits per heavy atom. The molecule has 18 heavy (non-hydrogen) atoms. The van der Waals surface area contributed by atoms with E-state index in [-0.39, 0.29) is 0 Å². The first kappa shape index (κ1) is 13.9. The van der Waals surface area contributed by atoms with Gasteiger partial charge in [-0.05, 0) is 53.4 Å². The van der Waals surface area contributed by atoms with Crippen molar-refractivity contribution in [3.05, 3.63) is 28.2 Å². The zero-order chi connectivity index (χ0) is 13.0. The highest BCUT2D eigenvalue weighted by Crippen LogP contribution is 2.27. The van der Waals surface area contributed by atoms with E-state index in [0.29, 0.717) is 0 Å². The van der Waals surface area contributed by atoms with E-state index in [1.165, 1.54) is 44.2 Å². The number of benzene rings is 1. The van der Waals surface area contributed by atoms with Crippen LogP contribution in [0, 0.1) is 5.92 Å². The highest BCUT2D eigenvalue weighted by Gasteiger charge is 2.16. The predicted molar refractivity (Wildman–Crippen MR) is 81.5 cm³/mol. The van der Waals surface area contributed by atoms with Gasteiger partial charge in [0.25, 0.3) is 0 Å². The van der Waals surface area contributed by atoms with Crippen LogP contribution in [0.5, 0.6) is 0 Å². The SMILES string of the molecule is CN(Cc1cccc(N)c1Br)CC1CCCCC1. The molecule has 0 saturated heterocycles. The second kappa shape index (κ2) is 6.58. The lowest BCUT2D eigenvalue weighted by molar-refractivity contribution is 0.228. The number of hydrogen-bond acceptors (Lipinski definition) is 2. The molecule has 0 heterocycles. The summed E-state index contributed by atoms with van der Waals surface area (Å²) in [5, 5.41) is 0. The fourth-order valence-electron chi connectivity index (χ4n) is 2.89. The van der Waals surface area contributed by atoms with Gasteiger partial charge in [-0.1, -0.05) is 31.4 Å². The first-order valence-electron chi connectivity index (χ1n) is 6.88. The van der Waals surface area contributed by atoms with Crippen LogP contribution in [0.3, 0.4) is 0 Å². The number of rotatable bonds is 4. The number of anilines is 1. The summed E-state index contributed by atoms with van der Waals surface area (Å²) in [5.41, 5.74) is 8.03. The van der Waals surface area contributed by atoms with Gasteiger partial charge < -0.3 is 10.6 Å². The van der Waals surface area contributed by atoms with Gasteiger partial charge in [-0.25, -0.2) is 0 Å². The molecule has 100 valence electrons. The Morgan fingerprint density at radius 1 is 1.28 bits per heavy atom. The third kappa shape index (κ3) is 3.72. The van der Waals surface area contributed by atoms with Gasteiger partial charge >= 0.3 is 0 Å². The smallest absolute Gasteiger partial charge is 0.0461 e. The van der Waals surface area contributed by atoms with Crippen molar-refractivity contribution in [1.29, 1.82) is 0 Å². The van der Waals surface area contributed by atoms with Crippen molar-refractivity contribution < 1.29 is 0 Å². The zero-order valence-electron chi connectivity index (χ0n) is 11.2. The van der Waals surface area contributed by atoms with Gasteiger partial charge in [-0.3, -0.25) is 0 Å². The molecule has 1 aliphatic rings. The second-order valence-corrected chi connectivity index (χ2v) is 6.31. The van der Waals surface area contributed by atoms with Gasteiger partial charge in [-0.2, -0.15) is 0 Å². The molecule has 0 atom stereocenters. The number of hydrogen-bond donors (Lipinski definition) is 1. The number of nitrogens with zero attached hydrogens (tertiary/aromatic N) is 1. The van der Waals surface area contributed by atoms with Gasteiger partial charge in [0.05, 0.1) is 0 Å². The minimum atomic E-state index is 0.832. The number of halogens is 1. The molecule has 1 aromatic rings. The molecule has 3 heteroatoms. The van der Waals surface area contributed by atoms with Crippen LogP contribution in [0.2, 0.25) is 0 Å².